The van der Waals surface area contributed by atoms with E-state index < -0.39 is 0 Å². The molecule has 1 amide bonds. The smallest absolute Gasteiger partial charge is 0.410 e. The Bertz CT molecular complexity index is 421. The average Bonchev–Trinajstić information content (AvgIpc) is 2.30. The molecule has 0 heterocycles. The highest BCUT2D eigenvalue weighted by atomic mass is 35.5. The van der Waals surface area contributed by atoms with E-state index in [2.05, 4.69) is 0 Å². The monoisotopic (exact) mass is 289 g/mol. The molecule has 0 unspecified atom stereocenters. The van der Waals surface area contributed by atoms with Crippen molar-refractivity contribution in [3.8, 4) is 0 Å². The normalized spacial score (nSPS) is 10.6. The molecule has 1 rings (SSSR count). The highest BCUT2D eigenvalue weighted by molar-refractivity contribution is 6.42. The van der Waals surface area contributed by atoms with Gasteiger partial charge in [-0.2, -0.15) is 0 Å². The SMILES string of the molecule is CCOC(=O)N(Cc1ccc(Cl)c(Cl)c1)C(C)C. The number of carbonyl (C=O) groups excluding carboxylic acids is 1. The second-order valence-corrected chi connectivity index (χ2v) is 4.98. The average molecular weight is 290 g/mol. The minimum atomic E-state index is -0.321. The van der Waals surface area contributed by atoms with Crippen LogP contribution in [0.25, 0.3) is 0 Å². The molecule has 0 N–H and O–H groups in total. The lowest BCUT2D eigenvalue weighted by Gasteiger charge is -2.25. The molecule has 0 bridgehead atoms. The Morgan fingerprint density at radius 3 is 2.50 bits per heavy atom. The molecule has 5 heteroatoms. The van der Waals surface area contributed by atoms with E-state index in [0.717, 1.165) is 5.56 Å². The van der Waals surface area contributed by atoms with Crippen molar-refractivity contribution in [2.45, 2.75) is 33.4 Å². The molecule has 0 saturated carbocycles. The Kier molecular flexibility index (Phi) is 5.76. The molecule has 0 spiro atoms. The summed E-state index contributed by atoms with van der Waals surface area (Å²) in [6.07, 6.45) is -0.321. The third-order valence-corrected chi connectivity index (χ3v) is 3.20. The summed E-state index contributed by atoms with van der Waals surface area (Å²) in [5, 5.41) is 0.995. The van der Waals surface area contributed by atoms with Gasteiger partial charge >= 0.3 is 6.09 Å². The molecule has 1 aromatic rings. The van der Waals surface area contributed by atoms with E-state index in [4.69, 9.17) is 27.9 Å². The second-order valence-electron chi connectivity index (χ2n) is 4.17. The van der Waals surface area contributed by atoms with Crippen LogP contribution in [0.15, 0.2) is 18.2 Å². The van der Waals surface area contributed by atoms with Gasteiger partial charge in [0.15, 0.2) is 0 Å². The lowest BCUT2D eigenvalue weighted by molar-refractivity contribution is 0.0930. The summed E-state index contributed by atoms with van der Waals surface area (Å²) >= 11 is 11.8. The van der Waals surface area contributed by atoms with E-state index in [1.165, 1.54) is 0 Å². The minimum Gasteiger partial charge on any atom is -0.450 e. The largest absolute Gasteiger partial charge is 0.450 e. The molecule has 1 aromatic carbocycles. The maximum Gasteiger partial charge on any atom is 0.410 e. The Hall–Kier alpha value is -0.930. The van der Waals surface area contributed by atoms with Crippen LogP contribution in [0.4, 0.5) is 4.79 Å². The van der Waals surface area contributed by atoms with Crippen LogP contribution in [-0.4, -0.2) is 23.6 Å². The predicted molar refractivity (Wildman–Crippen MR) is 74.2 cm³/mol. The van der Waals surface area contributed by atoms with Gasteiger partial charge in [-0.15, -0.1) is 0 Å². The van der Waals surface area contributed by atoms with Crippen molar-refractivity contribution >= 4 is 29.3 Å². The molecule has 0 aromatic heterocycles. The molecule has 0 saturated heterocycles. The van der Waals surface area contributed by atoms with Gasteiger partial charge in [0.2, 0.25) is 0 Å². The number of hydrogen-bond donors (Lipinski definition) is 0. The molecular weight excluding hydrogens is 273 g/mol. The van der Waals surface area contributed by atoms with Crippen molar-refractivity contribution < 1.29 is 9.53 Å². The molecule has 18 heavy (non-hydrogen) atoms. The third-order valence-electron chi connectivity index (χ3n) is 2.46. The summed E-state index contributed by atoms with van der Waals surface area (Å²) in [6.45, 7) is 6.48. The zero-order valence-corrected chi connectivity index (χ0v) is 12.3. The third kappa shape index (κ3) is 4.07. The van der Waals surface area contributed by atoms with E-state index in [1.807, 2.05) is 19.9 Å². The fraction of sp³-hybridized carbons (Fsp3) is 0.462. The van der Waals surface area contributed by atoms with Crippen molar-refractivity contribution in [2.75, 3.05) is 6.61 Å². The number of amides is 1. The first kappa shape index (κ1) is 15.1. The van der Waals surface area contributed by atoms with Gasteiger partial charge in [0.25, 0.3) is 0 Å². The van der Waals surface area contributed by atoms with Gasteiger partial charge in [0, 0.05) is 12.6 Å². The highest BCUT2D eigenvalue weighted by Crippen LogP contribution is 2.23. The van der Waals surface area contributed by atoms with Gasteiger partial charge in [0.05, 0.1) is 16.7 Å². The molecule has 3 nitrogen and oxygen atoms in total. The summed E-state index contributed by atoms with van der Waals surface area (Å²) in [6, 6.07) is 5.39. The first-order valence-corrected chi connectivity index (χ1v) is 6.58. The highest BCUT2D eigenvalue weighted by Gasteiger charge is 2.18. The number of ether oxygens (including phenoxy) is 1. The van der Waals surface area contributed by atoms with Crippen molar-refractivity contribution in [3.05, 3.63) is 33.8 Å². The van der Waals surface area contributed by atoms with Crippen LogP contribution in [-0.2, 0) is 11.3 Å². The topological polar surface area (TPSA) is 29.5 Å². The van der Waals surface area contributed by atoms with Crippen LogP contribution in [0.2, 0.25) is 10.0 Å². The summed E-state index contributed by atoms with van der Waals surface area (Å²) in [4.78, 5) is 13.4. The van der Waals surface area contributed by atoms with Crippen molar-refractivity contribution in [2.24, 2.45) is 0 Å². The molecule has 0 aliphatic heterocycles. The van der Waals surface area contributed by atoms with Crippen LogP contribution in [0.5, 0.6) is 0 Å². The summed E-state index contributed by atoms with van der Waals surface area (Å²) in [5.74, 6) is 0. The van der Waals surface area contributed by atoms with Crippen LogP contribution in [0.3, 0.4) is 0 Å². The Balaban J connectivity index is 2.83. The molecule has 0 aliphatic rings. The molecule has 100 valence electrons. The van der Waals surface area contributed by atoms with Crippen molar-refractivity contribution in [1.29, 1.82) is 0 Å². The second kappa shape index (κ2) is 6.86. The molecule has 0 radical (unpaired) electrons. The van der Waals surface area contributed by atoms with Crippen molar-refractivity contribution in [3.63, 3.8) is 0 Å². The van der Waals surface area contributed by atoms with Crippen LogP contribution >= 0.6 is 23.2 Å². The van der Waals surface area contributed by atoms with Gasteiger partial charge in [-0.25, -0.2) is 4.79 Å². The lowest BCUT2D eigenvalue weighted by atomic mass is 10.2. The number of carbonyl (C=O) groups is 1. The predicted octanol–water partition coefficient (Wildman–Crippen LogP) is 4.36. The number of rotatable bonds is 4. The van der Waals surface area contributed by atoms with Crippen LogP contribution in [0, 0.1) is 0 Å². The Morgan fingerprint density at radius 1 is 1.33 bits per heavy atom. The maximum absolute atomic E-state index is 11.8. The van der Waals surface area contributed by atoms with Gasteiger partial charge in [-0.1, -0.05) is 29.3 Å². The van der Waals surface area contributed by atoms with Crippen LogP contribution in [0.1, 0.15) is 26.3 Å². The van der Waals surface area contributed by atoms with Gasteiger partial charge < -0.3 is 9.64 Å². The van der Waals surface area contributed by atoms with E-state index in [1.54, 1.807) is 24.0 Å². The van der Waals surface area contributed by atoms with E-state index in [9.17, 15) is 4.79 Å². The fourth-order valence-corrected chi connectivity index (χ4v) is 1.82. The lowest BCUT2D eigenvalue weighted by Crippen LogP contribution is -2.36. The molecular formula is C13H17Cl2NO2. The molecule has 0 fully saturated rings. The Morgan fingerprint density at radius 2 is 2.00 bits per heavy atom. The van der Waals surface area contributed by atoms with E-state index in [-0.39, 0.29) is 12.1 Å². The quantitative estimate of drug-likeness (QED) is 0.824. The standard InChI is InChI=1S/C13H17Cl2NO2/c1-4-18-13(17)16(9(2)3)8-10-5-6-11(14)12(15)7-10/h5-7,9H,4,8H2,1-3H3. The molecule has 0 aliphatic carbocycles. The maximum atomic E-state index is 11.8. The van der Waals surface area contributed by atoms with Gasteiger partial charge in [-0.3, -0.25) is 0 Å². The van der Waals surface area contributed by atoms with Crippen LogP contribution < -0.4 is 0 Å². The zero-order chi connectivity index (χ0) is 13.7. The number of benzene rings is 1. The zero-order valence-electron chi connectivity index (χ0n) is 10.7. The minimum absolute atomic E-state index is 0.0542. The summed E-state index contributed by atoms with van der Waals surface area (Å²) in [5.41, 5.74) is 0.922. The van der Waals surface area contributed by atoms with E-state index in [0.29, 0.717) is 23.2 Å². The summed E-state index contributed by atoms with van der Waals surface area (Å²) in [7, 11) is 0. The van der Waals surface area contributed by atoms with E-state index >= 15 is 0 Å². The van der Waals surface area contributed by atoms with Gasteiger partial charge in [-0.05, 0) is 38.5 Å². The van der Waals surface area contributed by atoms with Gasteiger partial charge in [0.1, 0.15) is 0 Å². The number of hydrogen-bond acceptors (Lipinski definition) is 2. The van der Waals surface area contributed by atoms with Crippen molar-refractivity contribution in [1.82, 2.24) is 4.90 Å². The molecule has 0 atom stereocenters. The summed E-state index contributed by atoms with van der Waals surface area (Å²) < 4.78 is 5.02. The first-order chi connectivity index (χ1) is 8.45. The Labute approximate surface area is 118 Å². The fourth-order valence-electron chi connectivity index (χ4n) is 1.50. The first-order valence-electron chi connectivity index (χ1n) is 5.83. The number of nitrogens with zero attached hydrogens (tertiary/aromatic N) is 1. The number of halogens is 2.